The molecule has 1 aliphatic rings. The van der Waals surface area contributed by atoms with Crippen molar-refractivity contribution in [3.63, 3.8) is 0 Å². The van der Waals surface area contributed by atoms with Crippen molar-refractivity contribution in [2.45, 2.75) is 19.9 Å². The van der Waals surface area contributed by atoms with Crippen LogP contribution in [0.4, 0.5) is 0 Å². The predicted octanol–water partition coefficient (Wildman–Crippen LogP) is 1.81. The Balaban J connectivity index is 1.76. The van der Waals surface area contributed by atoms with E-state index in [4.69, 9.17) is 21.4 Å². The number of nitrogens with zero attached hydrogens (tertiary/aromatic N) is 4. The van der Waals surface area contributed by atoms with E-state index in [-0.39, 0.29) is 10.6 Å². The number of aromatic nitrogens is 3. The maximum atomic E-state index is 11.2. The zero-order valence-corrected chi connectivity index (χ0v) is 13.7. The lowest BCUT2D eigenvalue weighted by Crippen LogP contribution is -2.37. The lowest BCUT2D eigenvalue weighted by Gasteiger charge is -2.26. The standard InChI is InChI=1S/C15H19ClN4O3/c1-10-12-13(16)11(15(21)22)9-17-14(12)20(18-10)4-2-3-19-5-7-23-8-6-19/h9H,2-8H2,1H3,(H,21,22). The summed E-state index contributed by atoms with van der Waals surface area (Å²) in [5.41, 5.74) is 1.35. The third kappa shape index (κ3) is 3.31. The Morgan fingerprint density at radius 1 is 1.39 bits per heavy atom. The fourth-order valence-electron chi connectivity index (χ4n) is 2.85. The van der Waals surface area contributed by atoms with E-state index >= 15 is 0 Å². The molecule has 0 atom stereocenters. The zero-order chi connectivity index (χ0) is 16.4. The van der Waals surface area contributed by atoms with Gasteiger partial charge >= 0.3 is 5.97 Å². The Morgan fingerprint density at radius 3 is 2.83 bits per heavy atom. The summed E-state index contributed by atoms with van der Waals surface area (Å²) < 4.78 is 7.15. The Morgan fingerprint density at radius 2 is 2.13 bits per heavy atom. The Labute approximate surface area is 138 Å². The quantitative estimate of drug-likeness (QED) is 0.895. The Hall–Kier alpha value is -1.70. The van der Waals surface area contributed by atoms with Gasteiger partial charge in [-0.15, -0.1) is 0 Å². The van der Waals surface area contributed by atoms with Crippen LogP contribution < -0.4 is 0 Å². The molecule has 0 spiro atoms. The average Bonchev–Trinajstić information content (AvgIpc) is 2.85. The number of pyridine rings is 1. The second-order valence-electron chi connectivity index (χ2n) is 5.61. The van der Waals surface area contributed by atoms with Gasteiger partial charge < -0.3 is 9.84 Å². The van der Waals surface area contributed by atoms with E-state index in [9.17, 15) is 4.79 Å². The highest BCUT2D eigenvalue weighted by molar-refractivity contribution is 6.38. The summed E-state index contributed by atoms with van der Waals surface area (Å²) in [5, 5.41) is 14.4. The van der Waals surface area contributed by atoms with Crippen LogP contribution in [0.15, 0.2) is 6.20 Å². The highest BCUT2D eigenvalue weighted by Gasteiger charge is 2.19. The van der Waals surface area contributed by atoms with Crippen LogP contribution in [0.25, 0.3) is 11.0 Å². The third-order valence-electron chi connectivity index (χ3n) is 4.05. The van der Waals surface area contributed by atoms with Gasteiger partial charge in [-0.25, -0.2) is 14.5 Å². The molecule has 0 aliphatic carbocycles. The maximum absolute atomic E-state index is 11.2. The number of aryl methyl sites for hydroxylation is 2. The second-order valence-corrected chi connectivity index (χ2v) is 5.98. The van der Waals surface area contributed by atoms with E-state index in [0.717, 1.165) is 45.8 Å². The monoisotopic (exact) mass is 338 g/mol. The molecular weight excluding hydrogens is 320 g/mol. The van der Waals surface area contributed by atoms with Gasteiger partial charge in [0.1, 0.15) is 0 Å². The minimum Gasteiger partial charge on any atom is -0.478 e. The van der Waals surface area contributed by atoms with Gasteiger partial charge in [0.25, 0.3) is 0 Å². The third-order valence-corrected chi connectivity index (χ3v) is 4.44. The summed E-state index contributed by atoms with van der Waals surface area (Å²) in [6.07, 6.45) is 2.24. The molecule has 1 N–H and O–H groups in total. The first-order chi connectivity index (χ1) is 11.1. The predicted molar refractivity (Wildman–Crippen MR) is 86.1 cm³/mol. The SMILES string of the molecule is Cc1nn(CCCN2CCOCC2)c2ncc(C(=O)O)c(Cl)c12. The minimum absolute atomic E-state index is 0.00938. The Kier molecular flexibility index (Phi) is 4.79. The molecule has 0 unspecified atom stereocenters. The first-order valence-corrected chi connectivity index (χ1v) is 8.00. The first-order valence-electron chi connectivity index (χ1n) is 7.63. The summed E-state index contributed by atoms with van der Waals surface area (Å²) in [6, 6.07) is 0. The largest absolute Gasteiger partial charge is 0.478 e. The summed E-state index contributed by atoms with van der Waals surface area (Å²) in [5.74, 6) is -1.08. The molecular formula is C15H19ClN4O3. The van der Waals surface area contributed by atoms with Gasteiger partial charge in [-0.3, -0.25) is 4.90 Å². The molecule has 23 heavy (non-hydrogen) atoms. The number of carboxylic acid groups (broad SMARTS) is 1. The van der Waals surface area contributed by atoms with Crippen molar-refractivity contribution in [3.8, 4) is 0 Å². The average molecular weight is 339 g/mol. The smallest absolute Gasteiger partial charge is 0.338 e. The van der Waals surface area contributed by atoms with Crippen LogP contribution in [0, 0.1) is 6.92 Å². The van der Waals surface area contributed by atoms with Crippen molar-refractivity contribution in [2.75, 3.05) is 32.8 Å². The molecule has 2 aromatic rings. The number of halogens is 1. The van der Waals surface area contributed by atoms with Crippen molar-refractivity contribution in [1.29, 1.82) is 0 Å². The molecule has 124 valence electrons. The summed E-state index contributed by atoms with van der Waals surface area (Å²) >= 11 is 6.21. The fourth-order valence-corrected chi connectivity index (χ4v) is 3.20. The molecule has 1 fully saturated rings. The van der Waals surface area contributed by atoms with Crippen molar-refractivity contribution in [1.82, 2.24) is 19.7 Å². The molecule has 3 rings (SSSR count). The van der Waals surface area contributed by atoms with Crippen LogP contribution in [0.5, 0.6) is 0 Å². The lowest BCUT2D eigenvalue weighted by atomic mass is 10.2. The van der Waals surface area contributed by atoms with Gasteiger partial charge in [0, 0.05) is 32.4 Å². The van der Waals surface area contributed by atoms with Crippen LogP contribution in [-0.4, -0.2) is 63.6 Å². The van der Waals surface area contributed by atoms with Gasteiger partial charge in [0.05, 0.1) is 34.9 Å². The van der Waals surface area contributed by atoms with Crippen LogP contribution in [0.2, 0.25) is 5.02 Å². The van der Waals surface area contributed by atoms with E-state index in [1.807, 2.05) is 11.6 Å². The summed E-state index contributed by atoms with van der Waals surface area (Å²) in [4.78, 5) is 17.8. The number of morpholine rings is 1. The van der Waals surface area contributed by atoms with E-state index in [1.54, 1.807) is 0 Å². The van der Waals surface area contributed by atoms with Crippen molar-refractivity contribution >= 4 is 28.6 Å². The Bertz CT molecular complexity index is 725. The van der Waals surface area contributed by atoms with Gasteiger partial charge in [0.15, 0.2) is 5.65 Å². The van der Waals surface area contributed by atoms with E-state index in [0.29, 0.717) is 16.7 Å². The van der Waals surface area contributed by atoms with Crippen LogP contribution >= 0.6 is 11.6 Å². The molecule has 2 aromatic heterocycles. The van der Waals surface area contributed by atoms with E-state index in [1.165, 1.54) is 6.20 Å². The number of carbonyl (C=O) groups is 1. The molecule has 1 saturated heterocycles. The van der Waals surface area contributed by atoms with Crippen molar-refractivity contribution < 1.29 is 14.6 Å². The molecule has 7 nitrogen and oxygen atoms in total. The number of rotatable bonds is 5. The van der Waals surface area contributed by atoms with Crippen molar-refractivity contribution in [2.24, 2.45) is 0 Å². The molecule has 0 amide bonds. The second kappa shape index (κ2) is 6.82. The van der Waals surface area contributed by atoms with Crippen molar-refractivity contribution in [3.05, 3.63) is 22.5 Å². The number of hydrogen-bond donors (Lipinski definition) is 1. The number of carboxylic acids is 1. The van der Waals surface area contributed by atoms with E-state index < -0.39 is 5.97 Å². The van der Waals surface area contributed by atoms with Crippen LogP contribution in [0.1, 0.15) is 22.5 Å². The molecule has 0 bridgehead atoms. The number of fused-ring (bicyclic) bond motifs is 1. The fraction of sp³-hybridized carbons (Fsp3) is 0.533. The van der Waals surface area contributed by atoms with Crippen LogP contribution in [-0.2, 0) is 11.3 Å². The molecule has 1 aliphatic heterocycles. The normalized spacial score (nSPS) is 16.1. The number of ether oxygens (including phenoxy) is 1. The highest BCUT2D eigenvalue weighted by atomic mass is 35.5. The first kappa shape index (κ1) is 16.2. The highest BCUT2D eigenvalue weighted by Crippen LogP contribution is 2.28. The summed E-state index contributed by atoms with van der Waals surface area (Å²) in [7, 11) is 0. The minimum atomic E-state index is -1.08. The number of hydrogen-bond acceptors (Lipinski definition) is 5. The zero-order valence-electron chi connectivity index (χ0n) is 13.0. The molecule has 8 heteroatoms. The molecule has 3 heterocycles. The lowest BCUT2D eigenvalue weighted by molar-refractivity contribution is 0.0368. The molecule has 0 saturated carbocycles. The maximum Gasteiger partial charge on any atom is 0.338 e. The number of aromatic carboxylic acids is 1. The summed E-state index contributed by atoms with van der Waals surface area (Å²) in [6.45, 7) is 7.02. The van der Waals surface area contributed by atoms with Gasteiger partial charge in [-0.2, -0.15) is 5.10 Å². The van der Waals surface area contributed by atoms with Gasteiger partial charge in [-0.05, 0) is 13.3 Å². The topological polar surface area (TPSA) is 80.5 Å². The molecule has 0 aromatic carbocycles. The molecule has 0 radical (unpaired) electrons. The van der Waals surface area contributed by atoms with Crippen LogP contribution in [0.3, 0.4) is 0 Å². The van der Waals surface area contributed by atoms with Gasteiger partial charge in [0.2, 0.25) is 0 Å². The van der Waals surface area contributed by atoms with Gasteiger partial charge in [-0.1, -0.05) is 11.6 Å². The van der Waals surface area contributed by atoms with E-state index in [2.05, 4.69) is 15.0 Å².